The third-order valence-electron chi connectivity index (χ3n) is 2.03. The smallest absolute Gasteiger partial charge is 0.131 e. The minimum absolute atomic E-state index is 0.615. The van der Waals surface area contributed by atoms with Crippen LogP contribution in [0, 0.1) is 0 Å². The van der Waals surface area contributed by atoms with Crippen molar-refractivity contribution in [2.45, 2.75) is 19.8 Å². The Morgan fingerprint density at radius 2 is 2.21 bits per heavy atom. The highest BCUT2D eigenvalue weighted by Gasteiger charge is 2.02. The summed E-state index contributed by atoms with van der Waals surface area (Å²) in [5, 5.41) is 0. The fourth-order valence-corrected chi connectivity index (χ4v) is 1.48. The molecule has 0 aliphatic rings. The zero-order valence-electron chi connectivity index (χ0n) is 8.70. The third kappa shape index (κ3) is 3.14. The van der Waals surface area contributed by atoms with E-state index in [0.29, 0.717) is 5.88 Å². The van der Waals surface area contributed by atoms with Gasteiger partial charge in [0.05, 0.1) is 0 Å². The second-order valence-corrected chi connectivity index (χ2v) is 3.61. The first-order valence-corrected chi connectivity index (χ1v) is 5.39. The van der Waals surface area contributed by atoms with Crippen molar-refractivity contribution in [1.29, 1.82) is 0 Å². The Morgan fingerprint density at radius 1 is 1.43 bits per heavy atom. The van der Waals surface area contributed by atoms with Crippen LogP contribution in [0.3, 0.4) is 0 Å². The highest BCUT2D eigenvalue weighted by atomic mass is 35.5. The molecule has 0 aromatic carbocycles. The molecule has 1 aromatic rings. The van der Waals surface area contributed by atoms with Crippen molar-refractivity contribution in [2.75, 3.05) is 24.4 Å². The van der Waals surface area contributed by atoms with Gasteiger partial charge in [-0.25, -0.2) is 9.97 Å². The van der Waals surface area contributed by atoms with Gasteiger partial charge in [0.1, 0.15) is 12.1 Å². The van der Waals surface area contributed by atoms with E-state index in [1.165, 1.54) is 0 Å². The molecular weight excluding hydrogens is 198 g/mol. The molecule has 0 saturated carbocycles. The molecule has 0 radical (unpaired) electrons. The molecule has 14 heavy (non-hydrogen) atoms. The molecule has 0 unspecified atom stereocenters. The quantitative estimate of drug-likeness (QED) is 0.702. The van der Waals surface area contributed by atoms with E-state index in [1.54, 1.807) is 6.33 Å². The summed E-state index contributed by atoms with van der Waals surface area (Å²) < 4.78 is 0. The molecule has 0 amide bonds. The van der Waals surface area contributed by atoms with E-state index in [2.05, 4.69) is 16.9 Å². The molecule has 4 heteroatoms. The van der Waals surface area contributed by atoms with Gasteiger partial charge in [-0.15, -0.1) is 11.6 Å². The largest absolute Gasteiger partial charge is 0.358 e. The van der Waals surface area contributed by atoms with Crippen molar-refractivity contribution in [1.82, 2.24) is 9.97 Å². The number of rotatable bonds is 5. The predicted octanol–water partition coefficient (Wildman–Crippen LogP) is 2.10. The van der Waals surface area contributed by atoms with Crippen molar-refractivity contribution in [3.05, 3.63) is 18.1 Å². The molecule has 0 atom stereocenters. The van der Waals surface area contributed by atoms with Crippen LogP contribution in [-0.4, -0.2) is 29.4 Å². The maximum absolute atomic E-state index is 5.66. The van der Waals surface area contributed by atoms with Crippen LogP contribution in [0.25, 0.3) is 0 Å². The maximum atomic E-state index is 5.66. The van der Waals surface area contributed by atoms with Gasteiger partial charge in [0.25, 0.3) is 0 Å². The summed E-state index contributed by atoms with van der Waals surface area (Å²) in [6.45, 7) is 2.95. The Morgan fingerprint density at radius 3 is 2.86 bits per heavy atom. The zero-order chi connectivity index (χ0) is 10.4. The van der Waals surface area contributed by atoms with Gasteiger partial charge in [0, 0.05) is 31.2 Å². The second kappa shape index (κ2) is 5.81. The van der Waals surface area contributed by atoms with Gasteiger partial charge in [-0.1, -0.05) is 13.3 Å². The lowest BCUT2D eigenvalue weighted by molar-refractivity contribution is 0.857. The third-order valence-corrected chi connectivity index (χ3v) is 2.20. The Bertz CT molecular complexity index is 278. The zero-order valence-corrected chi connectivity index (χ0v) is 9.46. The summed E-state index contributed by atoms with van der Waals surface area (Å²) in [4.78, 5) is 10.4. The van der Waals surface area contributed by atoms with Crippen LogP contribution in [-0.2, 0) is 6.42 Å². The highest BCUT2D eigenvalue weighted by molar-refractivity contribution is 6.18. The SMILES string of the molecule is CCCc1cc(N(C)CCCl)ncn1. The van der Waals surface area contributed by atoms with Crippen LogP contribution in [0.4, 0.5) is 5.82 Å². The molecule has 0 fully saturated rings. The second-order valence-electron chi connectivity index (χ2n) is 3.23. The number of aromatic nitrogens is 2. The standard InChI is InChI=1S/C10H16ClN3/c1-3-4-9-7-10(13-8-12-9)14(2)6-5-11/h7-8H,3-6H2,1-2H3. The van der Waals surface area contributed by atoms with Crippen molar-refractivity contribution < 1.29 is 0 Å². The van der Waals surface area contributed by atoms with Gasteiger partial charge in [-0.3, -0.25) is 0 Å². The van der Waals surface area contributed by atoms with Gasteiger partial charge in [-0.05, 0) is 6.42 Å². The Labute approximate surface area is 90.1 Å². The number of halogens is 1. The average Bonchev–Trinajstić information content (AvgIpc) is 2.19. The van der Waals surface area contributed by atoms with Gasteiger partial charge in [-0.2, -0.15) is 0 Å². The highest BCUT2D eigenvalue weighted by Crippen LogP contribution is 2.10. The van der Waals surface area contributed by atoms with Crippen LogP contribution in [0.1, 0.15) is 19.0 Å². The van der Waals surface area contributed by atoms with E-state index >= 15 is 0 Å². The van der Waals surface area contributed by atoms with E-state index in [9.17, 15) is 0 Å². The van der Waals surface area contributed by atoms with Crippen LogP contribution in [0.5, 0.6) is 0 Å². The van der Waals surface area contributed by atoms with E-state index < -0.39 is 0 Å². The lowest BCUT2D eigenvalue weighted by atomic mass is 10.2. The monoisotopic (exact) mass is 213 g/mol. The van der Waals surface area contributed by atoms with Crippen molar-refractivity contribution in [2.24, 2.45) is 0 Å². The van der Waals surface area contributed by atoms with Gasteiger partial charge < -0.3 is 4.90 Å². The number of nitrogens with zero attached hydrogens (tertiary/aromatic N) is 3. The molecule has 0 aliphatic carbocycles. The van der Waals surface area contributed by atoms with Gasteiger partial charge in [0.15, 0.2) is 0 Å². The normalized spacial score (nSPS) is 10.2. The van der Waals surface area contributed by atoms with E-state index in [4.69, 9.17) is 11.6 Å². The maximum Gasteiger partial charge on any atom is 0.131 e. The topological polar surface area (TPSA) is 29.0 Å². The van der Waals surface area contributed by atoms with Crippen LogP contribution < -0.4 is 4.90 Å². The first kappa shape index (κ1) is 11.2. The van der Waals surface area contributed by atoms with Crippen LogP contribution in [0.15, 0.2) is 12.4 Å². The first-order valence-electron chi connectivity index (χ1n) is 4.86. The lowest BCUT2D eigenvalue weighted by Crippen LogP contribution is -2.21. The van der Waals surface area contributed by atoms with Crippen molar-refractivity contribution in [3.8, 4) is 0 Å². The number of anilines is 1. The molecule has 78 valence electrons. The Hall–Kier alpha value is -0.830. The van der Waals surface area contributed by atoms with Gasteiger partial charge in [0.2, 0.25) is 0 Å². The van der Waals surface area contributed by atoms with E-state index in [1.807, 2.05) is 18.0 Å². The molecular formula is C10H16ClN3. The summed E-state index contributed by atoms with van der Waals surface area (Å²) in [6, 6.07) is 2.02. The van der Waals surface area contributed by atoms with Crippen molar-refractivity contribution in [3.63, 3.8) is 0 Å². The van der Waals surface area contributed by atoms with Gasteiger partial charge >= 0.3 is 0 Å². The number of alkyl halides is 1. The Kier molecular flexibility index (Phi) is 4.66. The van der Waals surface area contributed by atoms with Crippen LogP contribution in [0.2, 0.25) is 0 Å². The molecule has 0 bridgehead atoms. The lowest BCUT2D eigenvalue weighted by Gasteiger charge is -2.16. The summed E-state index contributed by atoms with van der Waals surface area (Å²) in [5.74, 6) is 1.56. The van der Waals surface area contributed by atoms with E-state index in [0.717, 1.165) is 30.9 Å². The summed E-state index contributed by atoms with van der Waals surface area (Å²) >= 11 is 5.66. The molecule has 0 aliphatic heterocycles. The minimum Gasteiger partial charge on any atom is -0.358 e. The molecule has 0 saturated heterocycles. The first-order chi connectivity index (χ1) is 6.77. The number of hydrogen-bond donors (Lipinski definition) is 0. The van der Waals surface area contributed by atoms with Crippen molar-refractivity contribution >= 4 is 17.4 Å². The predicted molar refractivity (Wildman–Crippen MR) is 60.0 cm³/mol. The summed E-state index contributed by atoms with van der Waals surface area (Å²) in [5.41, 5.74) is 1.10. The number of aryl methyl sites for hydroxylation is 1. The molecule has 1 rings (SSSR count). The summed E-state index contributed by atoms with van der Waals surface area (Å²) in [7, 11) is 1.99. The summed E-state index contributed by atoms with van der Waals surface area (Å²) in [6.07, 6.45) is 3.73. The average molecular weight is 214 g/mol. The molecule has 1 aromatic heterocycles. The molecule has 1 heterocycles. The molecule has 0 spiro atoms. The number of hydrogen-bond acceptors (Lipinski definition) is 3. The fraction of sp³-hybridized carbons (Fsp3) is 0.600. The minimum atomic E-state index is 0.615. The molecule has 0 N–H and O–H groups in total. The van der Waals surface area contributed by atoms with Crippen LogP contribution >= 0.6 is 11.6 Å². The van der Waals surface area contributed by atoms with E-state index in [-0.39, 0.29) is 0 Å². The Balaban J connectivity index is 2.71. The molecule has 3 nitrogen and oxygen atoms in total. The fourth-order valence-electron chi connectivity index (χ4n) is 1.23.